The maximum absolute atomic E-state index is 11.4. The molecule has 0 aliphatic rings. The molecule has 4 heteroatoms. The van der Waals surface area contributed by atoms with Gasteiger partial charge in [-0.3, -0.25) is 4.79 Å². The molecule has 0 unspecified atom stereocenters. The van der Waals surface area contributed by atoms with E-state index in [-0.39, 0.29) is 5.91 Å². The lowest BCUT2D eigenvalue weighted by Gasteiger charge is -2.08. The van der Waals surface area contributed by atoms with Crippen molar-refractivity contribution in [3.63, 3.8) is 0 Å². The van der Waals surface area contributed by atoms with Gasteiger partial charge >= 0.3 is 0 Å². The first-order valence-electron chi connectivity index (χ1n) is 4.85. The van der Waals surface area contributed by atoms with Crippen molar-refractivity contribution in [1.82, 2.24) is 15.6 Å². The molecular weight excluding hydrogens is 178 g/mol. The topological polar surface area (TPSA) is 56.9 Å². The van der Waals surface area contributed by atoms with Gasteiger partial charge in [0.25, 0.3) is 5.91 Å². The summed E-state index contributed by atoms with van der Waals surface area (Å²) in [5.41, 5.74) is 0.606. The van der Waals surface area contributed by atoms with E-state index in [1.807, 2.05) is 0 Å². The zero-order valence-corrected chi connectivity index (χ0v) is 8.63. The highest BCUT2D eigenvalue weighted by molar-refractivity contribution is 5.92. The summed E-state index contributed by atoms with van der Waals surface area (Å²) >= 11 is 0. The molecule has 78 valence electrons. The third kappa shape index (κ3) is 3.62. The normalized spacial score (nSPS) is 10.5. The van der Waals surface area contributed by atoms with Crippen molar-refractivity contribution in [2.24, 2.45) is 0 Å². The molecule has 0 aliphatic heterocycles. The van der Waals surface area contributed by atoms with Gasteiger partial charge in [0.05, 0.1) is 0 Å². The molecule has 0 fully saturated rings. The van der Waals surface area contributed by atoms with Crippen molar-refractivity contribution >= 4 is 5.91 Å². The third-order valence-electron chi connectivity index (χ3n) is 1.81. The number of hydrogen-bond acceptors (Lipinski definition) is 2. The van der Waals surface area contributed by atoms with Crippen molar-refractivity contribution in [1.29, 1.82) is 0 Å². The van der Waals surface area contributed by atoms with E-state index in [9.17, 15) is 4.79 Å². The summed E-state index contributed by atoms with van der Waals surface area (Å²) < 4.78 is 0. The molecule has 1 aromatic rings. The second kappa shape index (κ2) is 5.44. The van der Waals surface area contributed by atoms with Gasteiger partial charge in [0.1, 0.15) is 5.69 Å². The van der Waals surface area contributed by atoms with Gasteiger partial charge in [-0.1, -0.05) is 13.8 Å². The Balaban J connectivity index is 2.16. The minimum absolute atomic E-state index is 0.0550. The lowest BCUT2D eigenvalue weighted by molar-refractivity contribution is 0.0949. The van der Waals surface area contributed by atoms with Crippen LogP contribution in [0.25, 0.3) is 0 Å². The maximum atomic E-state index is 11.4. The zero-order valence-electron chi connectivity index (χ0n) is 8.63. The Morgan fingerprint density at radius 2 is 2.29 bits per heavy atom. The molecule has 4 nitrogen and oxygen atoms in total. The van der Waals surface area contributed by atoms with Crippen LogP contribution in [0.3, 0.4) is 0 Å². The van der Waals surface area contributed by atoms with Crippen molar-refractivity contribution in [3.05, 3.63) is 24.0 Å². The summed E-state index contributed by atoms with van der Waals surface area (Å²) in [6.07, 6.45) is 1.74. The fraction of sp³-hybridized carbons (Fsp3) is 0.500. The second-order valence-electron chi connectivity index (χ2n) is 3.45. The average Bonchev–Trinajstić information content (AvgIpc) is 2.64. The molecule has 14 heavy (non-hydrogen) atoms. The van der Waals surface area contributed by atoms with Gasteiger partial charge in [-0.25, -0.2) is 0 Å². The molecule has 0 aromatic carbocycles. The second-order valence-corrected chi connectivity index (χ2v) is 3.45. The van der Waals surface area contributed by atoms with Crippen LogP contribution in [0.5, 0.6) is 0 Å². The van der Waals surface area contributed by atoms with Crippen LogP contribution < -0.4 is 10.6 Å². The number of hydrogen-bond donors (Lipinski definition) is 3. The van der Waals surface area contributed by atoms with Crippen LogP contribution in [0.1, 0.15) is 24.3 Å². The fourth-order valence-corrected chi connectivity index (χ4v) is 1.10. The molecule has 0 aliphatic carbocycles. The number of amides is 1. The Morgan fingerprint density at radius 1 is 1.50 bits per heavy atom. The highest BCUT2D eigenvalue weighted by Crippen LogP contribution is 1.92. The monoisotopic (exact) mass is 195 g/mol. The number of aromatic nitrogens is 1. The van der Waals surface area contributed by atoms with Crippen LogP contribution in [0, 0.1) is 0 Å². The minimum Gasteiger partial charge on any atom is -0.357 e. The standard InChI is InChI=1S/C10H17N3O/c1-8(2)11-6-7-13-10(14)9-4-3-5-12-9/h3-5,8,11-12H,6-7H2,1-2H3,(H,13,14). The molecule has 1 heterocycles. The van der Waals surface area contributed by atoms with Crippen LogP contribution >= 0.6 is 0 Å². The molecule has 1 rings (SSSR count). The van der Waals surface area contributed by atoms with E-state index in [0.29, 0.717) is 18.3 Å². The van der Waals surface area contributed by atoms with Crippen molar-refractivity contribution < 1.29 is 4.79 Å². The van der Waals surface area contributed by atoms with Crippen molar-refractivity contribution in [2.45, 2.75) is 19.9 Å². The van der Waals surface area contributed by atoms with Gasteiger partial charge < -0.3 is 15.6 Å². The number of rotatable bonds is 5. The molecule has 0 saturated heterocycles. The van der Waals surface area contributed by atoms with Gasteiger partial charge in [0.15, 0.2) is 0 Å². The summed E-state index contributed by atoms with van der Waals surface area (Å²) in [5.74, 6) is -0.0550. The number of carbonyl (C=O) groups is 1. The van der Waals surface area contributed by atoms with Crippen LogP contribution in [0.4, 0.5) is 0 Å². The summed E-state index contributed by atoms with van der Waals surface area (Å²) in [4.78, 5) is 14.2. The Labute approximate surface area is 84.1 Å². The van der Waals surface area contributed by atoms with E-state index >= 15 is 0 Å². The van der Waals surface area contributed by atoms with E-state index in [1.165, 1.54) is 0 Å². The van der Waals surface area contributed by atoms with E-state index in [1.54, 1.807) is 18.3 Å². The summed E-state index contributed by atoms with van der Waals surface area (Å²) in [7, 11) is 0. The molecule has 0 radical (unpaired) electrons. The van der Waals surface area contributed by atoms with E-state index in [2.05, 4.69) is 29.5 Å². The Kier molecular flexibility index (Phi) is 4.19. The Bertz CT molecular complexity index is 267. The average molecular weight is 195 g/mol. The Hall–Kier alpha value is -1.29. The van der Waals surface area contributed by atoms with Crippen LogP contribution in [-0.2, 0) is 0 Å². The first-order valence-corrected chi connectivity index (χ1v) is 4.85. The molecular formula is C10H17N3O. The predicted octanol–water partition coefficient (Wildman–Crippen LogP) is 0.742. The number of aromatic amines is 1. The van der Waals surface area contributed by atoms with Gasteiger partial charge in [-0.05, 0) is 12.1 Å². The highest BCUT2D eigenvalue weighted by atomic mass is 16.1. The fourth-order valence-electron chi connectivity index (χ4n) is 1.10. The smallest absolute Gasteiger partial charge is 0.267 e. The van der Waals surface area contributed by atoms with Crippen LogP contribution in [0.2, 0.25) is 0 Å². The van der Waals surface area contributed by atoms with Crippen LogP contribution in [-0.4, -0.2) is 30.0 Å². The molecule has 0 spiro atoms. The highest BCUT2D eigenvalue weighted by Gasteiger charge is 2.03. The summed E-state index contributed by atoms with van der Waals surface area (Å²) in [6.45, 7) is 5.60. The zero-order chi connectivity index (χ0) is 10.4. The lowest BCUT2D eigenvalue weighted by atomic mass is 10.4. The van der Waals surface area contributed by atoms with Crippen LogP contribution in [0.15, 0.2) is 18.3 Å². The predicted molar refractivity (Wildman–Crippen MR) is 56.3 cm³/mol. The third-order valence-corrected chi connectivity index (χ3v) is 1.81. The molecule has 0 bridgehead atoms. The summed E-state index contributed by atoms with van der Waals surface area (Å²) in [6, 6.07) is 4.02. The molecule has 3 N–H and O–H groups in total. The summed E-state index contributed by atoms with van der Waals surface area (Å²) in [5, 5.41) is 6.03. The van der Waals surface area contributed by atoms with Crippen molar-refractivity contribution in [3.8, 4) is 0 Å². The number of H-pyrrole nitrogens is 1. The number of nitrogens with one attached hydrogen (secondary N) is 3. The molecule has 1 aromatic heterocycles. The first-order chi connectivity index (χ1) is 6.70. The quantitative estimate of drug-likeness (QED) is 0.607. The van der Waals surface area contributed by atoms with Gasteiger partial charge in [0.2, 0.25) is 0 Å². The molecule has 0 atom stereocenters. The number of carbonyl (C=O) groups excluding carboxylic acids is 1. The molecule has 0 saturated carbocycles. The van der Waals surface area contributed by atoms with Gasteiger partial charge in [-0.2, -0.15) is 0 Å². The lowest BCUT2D eigenvalue weighted by Crippen LogP contribution is -2.34. The van der Waals surface area contributed by atoms with Crippen molar-refractivity contribution in [2.75, 3.05) is 13.1 Å². The van der Waals surface area contributed by atoms with Gasteiger partial charge in [-0.15, -0.1) is 0 Å². The molecule has 1 amide bonds. The SMILES string of the molecule is CC(C)NCCNC(=O)c1ccc[nH]1. The Morgan fingerprint density at radius 3 is 2.86 bits per heavy atom. The largest absolute Gasteiger partial charge is 0.357 e. The first kappa shape index (κ1) is 10.8. The van der Waals surface area contributed by atoms with E-state index in [0.717, 1.165) is 6.54 Å². The minimum atomic E-state index is -0.0550. The van der Waals surface area contributed by atoms with E-state index < -0.39 is 0 Å². The van der Waals surface area contributed by atoms with E-state index in [4.69, 9.17) is 0 Å². The maximum Gasteiger partial charge on any atom is 0.267 e. The van der Waals surface area contributed by atoms with Gasteiger partial charge in [0, 0.05) is 25.3 Å².